The highest BCUT2D eigenvalue weighted by Crippen LogP contribution is 2.20. The standard InChI is InChI=1S/C8H14N4/c1-11-4-2-8(3-5-11)12-6-9-10-7-12/h6-8H,2-5H2,1H3. The Morgan fingerprint density at radius 3 is 2.33 bits per heavy atom. The Bertz CT molecular complexity index is 223. The minimum atomic E-state index is 0.621. The monoisotopic (exact) mass is 166 g/mol. The zero-order valence-corrected chi connectivity index (χ0v) is 7.35. The zero-order chi connectivity index (χ0) is 8.39. The first-order chi connectivity index (χ1) is 5.86. The summed E-state index contributed by atoms with van der Waals surface area (Å²) in [6.45, 7) is 2.37. The fourth-order valence-corrected chi connectivity index (χ4v) is 1.69. The van der Waals surface area contributed by atoms with Crippen LogP contribution in [-0.2, 0) is 0 Å². The maximum Gasteiger partial charge on any atom is 0.119 e. The molecule has 1 aromatic rings. The minimum absolute atomic E-state index is 0.621. The topological polar surface area (TPSA) is 34.0 Å². The quantitative estimate of drug-likeness (QED) is 0.610. The molecule has 4 heteroatoms. The van der Waals surface area contributed by atoms with Crippen LogP contribution in [0.25, 0.3) is 0 Å². The molecule has 66 valence electrons. The Kier molecular flexibility index (Phi) is 2.08. The van der Waals surface area contributed by atoms with Gasteiger partial charge in [-0.1, -0.05) is 0 Å². The second-order valence-electron chi connectivity index (χ2n) is 3.44. The third-order valence-corrected chi connectivity index (χ3v) is 2.55. The number of hydrogen-bond acceptors (Lipinski definition) is 3. The van der Waals surface area contributed by atoms with Crippen molar-refractivity contribution in [2.24, 2.45) is 0 Å². The maximum atomic E-state index is 3.82. The van der Waals surface area contributed by atoms with Gasteiger partial charge in [0.25, 0.3) is 0 Å². The molecule has 2 rings (SSSR count). The molecule has 4 nitrogen and oxygen atoms in total. The molecule has 1 saturated heterocycles. The molecular weight excluding hydrogens is 152 g/mol. The predicted molar refractivity (Wildman–Crippen MR) is 45.8 cm³/mol. The van der Waals surface area contributed by atoms with Gasteiger partial charge in [0.2, 0.25) is 0 Å². The molecule has 0 aliphatic carbocycles. The number of piperidine rings is 1. The summed E-state index contributed by atoms with van der Waals surface area (Å²) in [7, 11) is 2.17. The fourth-order valence-electron chi connectivity index (χ4n) is 1.69. The number of likely N-dealkylation sites (tertiary alicyclic amines) is 1. The zero-order valence-electron chi connectivity index (χ0n) is 7.35. The van der Waals surface area contributed by atoms with Crippen LogP contribution in [0.3, 0.4) is 0 Å². The molecule has 0 amide bonds. The minimum Gasteiger partial charge on any atom is -0.317 e. The summed E-state index contributed by atoms with van der Waals surface area (Å²) in [5.41, 5.74) is 0. The first-order valence-corrected chi connectivity index (χ1v) is 4.39. The first-order valence-electron chi connectivity index (χ1n) is 4.39. The van der Waals surface area contributed by atoms with Gasteiger partial charge in [-0.2, -0.15) is 0 Å². The molecule has 0 bridgehead atoms. The van der Waals surface area contributed by atoms with Gasteiger partial charge in [0, 0.05) is 6.04 Å². The van der Waals surface area contributed by atoms with Crippen molar-refractivity contribution in [3.05, 3.63) is 12.7 Å². The van der Waals surface area contributed by atoms with Crippen LogP contribution in [0.1, 0.15) is 18.9 Å². The summed E-state index contributed by atoms with van der Waals surface area (Å²) < 4.78 is 2.12. The van der Waals surface area contributed by atoms with E-state index in [9.17, 15) is 0 Å². The van der Waals surface area contributed by atoms with Crippen LogP contribution in [-0.4, -0.2) is 39.8 Å². The molecule has 1 aliphatic heterocycles. The Labute approximate surface area is 72.2 Å². The molecule has 0 N–H and O–H groups in total. The summed E-state index contributed by atoms with van der Waals surface area (Å²) in [6.07, 6.45) is 6.06. The number of aromatic nitrogens is 3. The van der Waals surface area contributed by atoms with Gasteiger partial charge in [-0.25, -0.2) is 0 Å². The molecule has 0 aromatic carbocycles. The molecule has 0 spiro atoms. The number of nitrogens with zero attached hydrogens (tertiary/aromatic N) is 4. The lowest BCUT2D eigenvalue weighted by Gasteiger charge is -2.29. The summed E-state index contributed by atoms with van der Waals surface area (Å²) >= 11 is 0. The first kappa shape index (κ1) is 7.73. The van der Waals surface area contributed by atoms with Crippen LogP contribution in [0.4, 0.5) is 0 Å². The van der Waals surface area contributed by atoms with E-state index in [1.807, 2.05) is 12.7 Å². The van der Waals surface area contributed by atoms with Crippen molar-refractivity contribution in [1.29, 1.82) is 0 Å². The van der Waals surface area contributed by atoms with Crippen molar-refractivity contribution in [1.82, 2.24) is 19.7 Å². The van der Waals surface area contributed by atoms with E-state index in [-0.39, 0.29) is 0 Å². The van der Waals surface area contributed by atoms with Crippen molar-refractivity contribution >= 4 is 0 Å². The molecule has 0 radical (unpaired) electrons. The van der Waals surface area contributed by atoms with Crippen molar-refractivity contribution in [3.63, 3.8) is 0 Å². The van der Waals surface area contributed by atoms with Gasteiger partial charge in [-0.15, -0.1) is 10.2 Å². The fraction of sp³-hybridized carbons (Fsp3) is 0.750. The van der Waals surface area contributed by atoms with Crippen LogP contribution in [0.2, 0.25) is 0 Å². The van der Waals surface area contributed by atoms with E-state index < -0.39 is 0 Å². The average Bonchev–Trinajstić information content (AvgIpc) is 2.58. The van der Waals surface area contributed by atoms with Crippen LogP contribution in [0.5, 0.6) is 0 Å². The van der Waals surface area contributed by atoms with Crippen LogP contribution in [0, 0.1) is 0 Å². The lowest BCUT2D eigenvalue weighted by molar-refractivity contribution is 0.221. The molecule has 2 heterocycles. The van der Waals surface area contributed by atoms with E-state index in [4.69, 9.17) is 0 Å². The van der Waals surface area contributed by atoms with Gasteiger partial charge in [0.05, 0.1) is 0 Å². The smallest absolute Gasteiger partial charge is 0.119 e. The van der Waals surface area contributed by atoms with Crippen molar-refractivity contribution < 1.29 is 0 Å². The Balaban J connectivity index is 1.99. The van der Waals surface area contributed by atoms with Crippen LogP contribution in [0.15, 0.2) is 12.7 Å². The van der Waals surface area contributed by atoms with Gasteiger partial charge in [0.1, 0.15) is 12.7 Å². The average molecular weight is 166 g/mol. The normalized spacial score (nSPS) is 21.4. The summed E-state index contributed by atoms with van der Waals surface area (Å²) in [5.74, 6) is 0. The van der Waals surface area contributed by atoms with Gasteiger partial charge >= 0.3 is 0 Å². The third kappa shape index (κ3) is 1.48. The Morgan fingerprint density at radius 1 is 1.17 bits per heavy atom. The number of rotatable bonds is 1. The van der Waals surface area contributed by atoms with E-state index in [0.29, 0.717) is 6.04 Å². The summed E-state index contributed by atoms with van der Waals surface area (Å²) in [5, 5.41) is 7.63. The van der Waals surface area contributed by atoms with E-state index in [0.717, 1.165) is 0 Å². The Hall–Kier alpha value is -0.900. The van der Waals surface area contributed by atoms with Gasteiger partial charge in [-0.05, 0) is 33.0 Å². The molecule has 0 unspecified atom stereocenters. The molecular formula is C8H14N4. The highest BCUT2D eigenvalue weighted by atomic mass is 15.2. The Morgan fingerprint density at radius 2 is 1.75 bits per heavy atom. The van der Waals surface area contributed by atoms with Crippen LogP contribution < -0.4 is 0 Å². The van der Waals surface area contributed by atoms with Crippen molar-refractivity contribution in [2.75, 3.05) is 20.1 Å². The summed E-state index contributed by atoms with van der Waals surface area (Å²) in [6, 6.07) is 0.621. The van der Waals surface area contributed by atoms with E-state index in [2.05, 4.69) is 26.7 Å². The second-order valence-corrected chi connectivity index (χ2v) is 3.44. The highest BCUT2D eigenvalue weighted by molar-refractivity contribution is 4.77. The lowest BCUT2D eigenvalue weighted by Crippen LogP contribution is -2.31. The molecule has 1 fully saturated rings. The van der Waals surface area contributed by atoms with Gasteiger partial charge < -0.3 is 9.47 Å². The van der Waals surface area contributed by atoms with Crippen molar-refractivity contribution in [2.45, 2.75) is 18.9 Å². The van der Waals surface area contributed by atoms with E-state index in [1.165, 1.54) is 25.9 Å². The third-order valence-electron chi connectivity index (χ3n) is 2.55. The summed E-state index contributed by atoms with van der Waals surface area (Å²) in [4.78, 5) is 2.36. The second kappa shape index (κ2) is 3.23. The highest BCUT2D eigenvalue weighted by Gasteiger charge is 2.17. The molecule has 1 aromatic heterocycles. The molecule has 1 aliphatic rings. The SMILES string of the molecule is CN1CCC(n2cnnc2)CC1. The predicted octanol–water partition coefficient (Wildman–Crippen LogP) is 0.545. The maximum absolute atomic E-state index is 3.82. The molecule has 0 saturated carbocycles. The largest absolute Gasteiger partial charge is 0.317 e. The number of hydrogen-bond donors (Lipinski definition) is 0. The van der Waals surface area contributed by atoms with Gasteiger partial charge in [-0.3, -0.25) is 0 Å². The molecule has 12 heavy (non-hydrogen) atoms. The van der Waals surface area contributed by atoms with Crippen molar-refractivity contribution in [3.8, 4) is 0 Å². The van der Waals surface area contributed by atoms with Gasteiger partial charge in [0.15, 0.2) is 0 Å². The van der Waals surface area contributed by atoms with E-state index in [1.54, 1.807) is 0 Å². The van der Waals surface area contributed by atoms with E-state index >= 15 is 0 Å². The van der Waals surface area contributed by atoms with Crippen LogP contribution >= 0.6 is 0 Å². The lowest BCUT2D eigenvalue weighted by atomic mass is 10.1. The molecule has 0 atom stereocenters.